The van der Waals surface area contributed by atoms with Gasteiger partial charge in [-0.15, -0.1) is 0 Å². The van der Waals surface area contributed by atoms with Crippen LogP contribution in [-0.4, -0.2) is 55.7 Å². The summed E-state index contributed by atoms with van der Waals surface area (Å²) in [5.74, 6) is -0.0760. The minimum absolute atomic E-state index is 0.170. The van der Waals surface area contributed by atoms with Gasteiger partial charge in [0.05, 0.1) is 26.5 Å². The number of aromatic amines is 1. The lowest BCUT2D eigenvalue weighted by Gasteiger charge is -2.16. The molecule has 0 aliphatic heterocycles. The summed E-state index contributed by atoms with van der Waals surface area (Å²) in [7, 11) is 1.42. The van der Waals surface area contributed by atoms with Crippen molar-refractivity contribution < 1.29 is 33.3 Å². The number of carbonyl (C=O) groups is 3. The van der Waals surface area contributed by atoms with Crippen LogP contribution in [0, 0.1) is 0 Å². The Bertz CT molecular complexity index is 1240. The molecule has 36 heavy (non-hydrogen) atoms. The van der Waals surface area contributed by atoms with Crippen LogP contribution in [0.5, 0.6) is 11.5 Å². The van der Waals surface area contributed by atoms with Crippen LogP contribution in [0.1, 0.15) is 25.0 Å². The smallest absolute Gasteiger partial charge is 0.493 e. The quantitative estimate of drug-likeness (QED) is 0.169. The highest BCUT2D eigenvalue weighted by Gasteiger charge is 2.23. The Morgan fingerprint density at radius 2 is 1.83 bits per heavy atom. The number of ether oxygens (including phenoxy) is 4. The Kier molecular flexibility index (Phi) is 9.26. The summed E-state index contributed by atoms with van der Waals surface area (Å²) in [6, 6.07) is 11.4. The molecule has 1 heterocycles. The van der Waals surface area contributed by atoms with E-state index in [0.29, 0.717) is 5.56 Å². The van der Waals surface area contributed by atoms with E-state index < -0.39 is 24.2 Å². The highest BCUT2D eigenvalue weighted by atomic mass is 16.7. The second-order valence-corrected chi connectivity index (χ2v) is 7.41. The standard InChI is InChI=1S/C25H28N4O7/c1-4-34-24(31)28-20(13-17-15-26-19-9-7-6-8-18(17)19)23(30)29-27-14-16-10-11-21(22(12-16)33-3)36-25(32)35-5-2/h6-12,14-15,20,26H,4-5,13H2,1-3H3,(H,28,31)(H,29,30)/b27-14-/t20-/m1/s1. The summed E-state index contributed by atoms with van der Waals surface area (Å²) < 4.78 is 20.0. The number of H-pyrrole nitrogens is 1. The molecule has 3 rings (SSSR count). The van der Waals surface area contributed by atoms with Crippen molar-refractivity contribution >= 4 is 35.3 Å². The average molecular weight is 497 g/mol. The van der Waals surface area contributed by atoms with Crippen LogP contribution >= 0.6 is 0 Å². The second kappa shape index (κ2) is 12.8. The molecule has 0 radical (unpaired) electrons. The molecular weight excluding hydrogens is 468 g/mol. The normalized spacial score (nSPS) is 11.6. The molecule has 11 heteroatoms. The second-order valence-electron chi connectivity index (χ2n) is 7.41. The van der Waals surface area contributed by atoms with Gasteiger partial charge in [-0.2, -0.15) is 5.10 Å². The van der Waals surface area contributed by atoms with E-state index in [-0.39, 0.29) is 31.1 Å². The fourth-order valence-electron chi connectivity index (χ4n) is 3.38. The summed E-state index contributed by atoms with van der Waals surface area (Å²) in [5.41, 5.74) is 4.79. The van der Waals surface area contributed by atoms with Gasteiger partial charge in [0.1, 0.15) is 6.04 Å². The van der Waals surface area contributed by atoms with E-state index in [2.05, 4.69) is 20.8 Å². The molecule has 11 nitrogen and oxygen atoms in total. The molecule has 2 aromatic carbocycles. The molecule has 0 saturated heterocycles. The fourth-order valence-corrected chi connectivity index (χ4v) is 3.38. The predicted molar refractivity (Wildman–Crippen MR) is 132 cm³/mol. The number of alkyl carbamates (subject to hydrolysis) is 1. The number of hydrogen-bond acceptors (Lipinski definition) is 8. The molecule has 0 unspecified atom stereocenters. The zero-order valence-corrected chi connectivity index (χ0v) is 20.2. The van der Waals surface area contributed by atoms with Crippen LogP contribution in [-0.2, 0) is 20.7 Å². The number of para-hydroxylation sites is 1. The van der Waals surface area contributed by atoms with E-state index in [1.807, 2.05) is 24.3 Å². The van der Waals surface area contributed by atoms with E-state index in [4.69, 9.17) is 18.9 Å². The van der Waals surface area contributed by atoms with E-state index in [0.717, 1.165) is 16.5 Å². The van der Waals surface area contributed by atoms with Gasteiger partial charge in [-0.1, -0.05) is 18.2 Å². The first-order valence-electron chi connectivity index (χ1n) is 11.3. The Balaban J connectivity index is 1.70. The highest BCUT2D eigenvalue weighted by molar-refractivity contribution is 5.89. The maximum absolute atomic E-state index is 12.9. The number of fused-ring (bicyclic) bond motifs is 1. The molecule has 0 aliphatic rings. The molecule has 190 valence electrons. The van der Waals surface area contributed by atoms with Crippen LogP contribution in [0.2, 0.25) is 0 Å². The number of aromatic nitrogens is 1. The Labute approximate surface area is 207 Å². The average Bonchev–Trinajstić information content (AvgIpc) is 3.27. The van der Waals surface area contributed by atoms with Crippen LogP contribution in [0.25, 0.3) is 10.9 Å². The number of amides is 2. The molecule has 0 fully saturated rings. The van der Waals surface area contributed by atoms with Crippen LogP contribution in [0.4, 0.5) is 9.59 Å². The topological polar surface area (TPSA) is 140 Å². The number of rotatable bonds is 10. The number of carbonyl (C=O) groups excluding carboxylic acids is 3. The van der Waals surface area contributed by atoms with E-state index in [1.54, 1.807) is 32.2 Å². The predicted octanol–water partition coefficient (Wildman–Crippen LogP) is 3.52. The molecule has 1 aromatic heterocycles. The van der Waals surface area contributed by atoms with E-state index in [9.17, 15) is 14.4 Å². The fraction of sp³-hybridized carbons (Fsp3) is 0.280. The summed E-state index contributed by atoms with van der Waals surface area (Å²) in [6.07, 6.45) is 1.86. The van der Waals surface area contributed by atoms with Gasteiger partial charge in [0.2, 0.25) is 0 Å². The SMILES string of the molecule is CCOC(=O)N[C@H](Cc1c[nH]c2ccccc12)C(=O)N/N=C\c1ccc(OC(=O)OCC)c(OC)c1. The van der Waals surface area contributed by atoms with Gasteiger partial charge in [0, 0.05) is 23.5 Å². The van der Waals surface area contributed by atoms with Crippen LogP contribution in [0.3, 0.4) is 0 Å². The molecular formula is C25H28N4O7. The first kappa shape index (κ1) is 26.1. The summed E-state index contributed by atoms with van der Waals surface area (Å²) >= 11 is 0. The zero-order chi connectivity index (χ0) is 25.9. The molecule has 2 amide bonds. The minimum atomic E-state index is -0.935. The lowest BCUT2D eigenvalue weighted by molar-refractivity contribution is -0.123. The Morgan fingerprint density at radius 3 is 2.58 bits per heavy atom. The monoisotopic (exact) mass is 496 g/mol. The summed E-state index contributed by atoms with van der Waals surface area (Å²) in [6.45, 7) is 3.69. The van der Waals surface area contributed by atoms with Crippen molar-refractivity contribution in [2.45, 2.75) is 26.3 Å². The lowest BCUT2D eigenvalue weighted by Crippen LogP contribution is -2.47. The largest absolute Gasteiger partial charge is 0.513 e. The van der Waals surface area contributed by atoms with Crippen molar-refractivity contribution in [3.05, 3.63) is 59.8 Å². The minimum Gasteiger partial charge on any atom is -0.493 e. The first-order chi connectivity index (χ1) is 17.4. The molecule has 3 aromatic rings. The van der Waals surface area contributed by atoms with Crippen molar-refractivity contribution in [3.63, 3.8) is 0 Å². The Morgan fingerprint density at radius 1 is 1.06 bits per heavy atom. The van der Waals surface area contributed by atoms with Crippen molar-refractivity contribution in [3.8, 4) is 11.5 Å². The van der Waals surface area contributed by atoms with Crippen molar-refractivity contribution in [2.75, 3.05) is 20.3 Å². The first-order valence-corrected chi connectivity index (χ1v) is 11.3. The molecule has 0 saturated carbocycles. The van der Waals surface area contributed by atoms with Gasteiger partial charge in [0.25, 0.3) is 5.91 Å². The highest BCUT2D eigenvalue weighted by Crippen LogP contribution is 2.28. The zero-order valence-electron chi connectivity index (χ0n) is 20.2. The van der Waals surface area contributed by atoms with Crippen molar-refractivity contribution in [1.29, 1.82) is 0 Å². The summed E-state index contributed by atoms with van der Waals surface area (Å²) in [4.78, 5) is 39.7. The molecule has 1 atom stereocenters. The van der Waals surface area contributed by atoms with Gasteiger partial charge in [-0.05, 0) is 49.2 Å². The van der Waals surface area contributed by atoms with E-state index >= 15 is 0 Å². The van der Waals surface area contributed by atoms with Crippen LogP contribution < -0.4 is 20.2 Å². The van der Waals surface area contributed by atoms with Crippen molar-refractivity contribution in [2.24, 2.45) is 5.10 Å². The van der Waals surface area contributed by atoms with E-state index in [1.165, 1.54) is 19.4 Å². The number of nitrogens with one attached hydrogen (secondary N) is 3. The van der Waals surface area contributed by atoms with Gasteiger partial charge >= 0.3 is 12.2 Å². The lowest BCUT2D eigenvalue weighted by atomic mass is 10.0. The summed E-state index contributed by atoms with van der Waals surface area (Å²) in [5, 5.41) is 7.52. The number of hydrazone groups is 1. The third-order valence-electron chi connectivity index (χ3n) is 5.01. The number of methoxy groups -OCH3 is 1. The van der Waals surface area contributed by atoms with Gasteiger partial charge < -0.3 is 29.2 Å². The maximum Gasteiger partial charge on any atom is 0.513 e. The molecule has 3 N–H and O–H groups in total. The molecule has 0 bridgehead atoms. The van der Waals surface area contributed by atoms with Gasteiger partial charge in [-0.3, -0.25) is 4.79 Å². The Hall–Kier alpha value is -4.54. The molecule has 0 aliphatic carbocycles. The van der Waals surface area contributed by atoms with Crippen LogP contribution in [0.15, 0.2) is 53.8 Å². The van der Waals surface area contributed by atoms with Gasteiger partial charge in [-0.25, -0.2) is 15.0 Å². The third kappa shape index (κ3) is 6.98. The third-order valence-corrected chi connectivity index (χ3v) is 5.01. The molecule has 0 spiro atoms. The number of hydrogen-bond donors (Lipinski definition) is 3. The maximum atomic E-state index is 12.9. The van der Waals surface area contributed by atoms with Gasteiger partial charge in [0.15, 0.2) is 11.5 Å². The number of benzene rings is 2. The number of nitrogens with zero attached hydrogens (tertiary/aromatic N) is 1. The van der Waals surface area contributed by atoms with Crippen molar-refractivity contribution in [1.82, 2.24) is 15.7 Å².